The Hall–Kier alpha value is -0.160. The summed E-state index contributed by atoms with van der Waals surface area (Å²) in [4.78, 5) is 0. The van der Waals surface area contributed by atoms with Gasteiger partial charge in [0.15, 0.2) is 0 Å². The molecule has 4 heteroatoms. The third-order valence-electron chi connectivity index (χ3n) is 2.79. The van der Waals surface area contributed by atoms with E-state index in [0.29, 0.717) is 19.8 Å². The van der Waals surface area contributed by atoms with Gasteiger partial charge >= 0.3 is 0 Å². The molecule has 78 valence electrons. The van der Waals surface area contributed by atoms with Gasteiger partial charge in [0.25, 0.3) is 0 Å². The minimum atomic E-state index is -0.511. The van der Waals surface area contributed by atoms with Gasteiger partial charge in [-0.3, -0.25) is 0 Å². The fourth-order valence-corrected chi connectivity index (χ4v) is 1.77. The monoisotopic (exact) mass is 189 g/mol. The van der Waals surface area contributed by atoms with Crippen LogP contribution in [-0.2, 0) is 9.47 Å². The third-order valence-corrected chi connectivity index (χ3v) is 2.79. The van der Waals surface area contributed by atoms with Crippen LogP contribution in [0.5, 0.6) is 0 Å². The highest BCUT2D eigenvalue weighted by atomic mass is 16.5. The lowest BCUT2D eigenvalue weighted by Crippen LogP contribution is -2.49. The molecule has 1 fully saturated rings. The topological polar surface area (TPSA) is 64.7 Å². The van der Waals surface area contributed by atoms with Crippen LogP contribution in [0.1, 0.15) is 12.8 Å². The van der Waals surface area contributed by atoms with E-state index in [0.717, 1.165) is 19.4 Å². The van der Waals surface area contributed by atoms with Crippen molar-refractivity contribution in [2.24, 2.45) is 11.1 Å². The first-order valence-electron chi connectivity index (χ1n) is 4.70. The van der Waals surface area contributed by atoms with Gasteiger partial charge in [-0.05, 0) is 12.8 Å². The maximum Gasteiger partial charge on any atom is 0.0863 e. The Balaban J connectivity index is 2.55. The fraction of sp³-hybridized carbons (Fsp3) is 1.00. The predicted octanol–water partition coefficient (Wildman–Crippen LogP) is -0.251. The second kappa shape index (κ2) is 4.91. The molecule has 1 aliphatic heterocycles. The van der Waals surface area contributed by atoms with Gasteiger partial charge in [0, 0.05) is 25.7 Å². The van der Waals surface area contributed by atoms with Crippen LogP contribution in [-0.4, -0.2) is 44.7 Å². The maximum absolute atomic E-state index is 9.84. The molecule has 1 heterocycles. The van der Waals surface area contributed by atoms with Crippen LogP contribution in [0.2, 0.25) is 0 Å². The molecule has 4 nitrogen and oxygen atoms in total. The maximum atomic E-state index is 9.84. The second-order valence-corrected chi connectivity index (χ2v) is 3.69. The van der Waals surface area contributed by atoms with Crippen molar-refractivity contribution >= 4 is 0 Å². The zero-order chi connectivity index (χ0) is 9.73. The van der Waals surface area contributed by atoms with Gasteiger partial charge in [-0.1, -0.05) is 0 Å². The van der Waals surface area contributed by atoms with E-state index in [2.05, 4.69) is 0 Å². The molecule has 1 saturated heterocycles. The van der Waals surface area contributed by atoms with Gasteiger partial charge in [0.1, 0.15) is 0 Å². The Morgan fingerprint density at radius 2 is 2.46 bits per heavy atom. The van der Waals surface area contributed by atoms with E-state index in [1.165, 1.54) is 0 Å². The largest absolute Gasteiger partial charge is 0.390 e. The summed E-state index contributed by atoms with van der Waals surface area (Å²) in [5.74, 6) is 0. The molecule has 2 atom stereocenters. The number of hydrogen-bond acceptors (Lipinski definition) is 4. The van der Waals surface area contributed by atoms with Gasteiger partial charge in [0.05, 0.1) is 19.3 Å². The summed E-state index contributed by atoms with van der Waals surface area (Å²) in [6.07, 6.45) is 1.38. The molecule has 1 aliphatic rings. The lowest BCUT2D eigenvalue weighted by atomic mass is 9.77. The Morgan fingerprint density at radius 3 is 2.92 bits per heavy atom. The third kappa shape index (κ3) is 2.40. The van der Waals surface area contributed by atoms with Gasteiger partial charge < -0.3 is 20.3 Å². The molecule has 0 aliphatic carbocycles. The standard InChI is InChI=1S/C9H19NO3/c1-12-5-8(11)9(6-10)3-2-4-13-7-9/h8,11H,2-7,10H2,1H3. The van der Waals surface area contributed by atoms with Crippen molar-refractivity contribution < 1.29 is 14.6 Å². The molecular weight excluding hydrogens is 170 g/mol. The minimum Gasteiger partial charge on any atom is -0.390 e. The average molecular weight is 189 g/mol. The summed E-state index contributed by atoms with van der Waals surface area (Å²) in [7, 11) is 1.58. The number of rotatable bonds is 4. The van der Waals surface area contributed by atoms with Gasteiger partial charge in [0.2, 0.25) is 0 Å². The van der Waals surface area contributed by atoms with Crippen molar-refractivity contribution in [1.82, 2.24) is 0 Å². The number of nitrogens with two attached hydrogens (primary N) is 1. The Labute approximate surface area is 79.0 Å². The molecule has 0 amide bonds. The smallest absolute Gasteiger partial charge is 0.0863 e. The highest BCUT2D eigenvalue weighted by Crippen LogP contribution is 2.31. The molecular formula is C9H19NO3. The lowest BCUT2D eigenvalue weighted by molar-refractivity contribution is -0.0977. The van der Waals surface area contributed by atoms with E-state index in [4.69, 9.17) is 15.2 Å². The number of methoxy groups -OCH3 is 1. The summed E-state index contributed by atoms with van der Waals surface area (Å²) >= 11 is 0. The van der Waals surface area contributed by atoms with Crippen LogP contribution in [0.4, 0.5) is 0 Å². The van der Waals surface area contributed by atoms with Crippen molar-refractivity contribution in [2.75, 3.05) is 33.5 Å². The van der Waals surface area contributed by atoms with Crippen LogP contribution in [0, 0.1) is 5.41 Å². The molecule has 0 spiro atoms. The van der Waals surface area contributed by atoms with Gasteiger partial charge in [-0.15, -0.1) is 0 Å². The molecule has 0 bridgehead atoms. The van der Waals surface area contributed by atoms with E-state index < -0.39 is 6.10 Å². The Morgan fingerprint density at radius 1 is 1.69 bits per heavy atom. The normalized spacial score (nSPS) is 31.6. The first-order valence-corrected chi connectivity index (χ1v) is 4.70. The molecule has 0 saturated carbocycles. The van der Waals surface area contributed by atoms with Crippen molar-refractivity contribution in [3.63, 3.8) is 0 Å². The van der Waals surface area contributed by atoms with Crippen molar-refractivity contribution in [3.05, 3.63) is 0 Å². The van der Waals surface area contributed by atoms with Gasteiger partial charge in [-0.2, -0.15) is 0 Å². The highest BCUT2D eigenvalue weighted by molar-refractivity contribution is 4.89. The van der Waals surface area contributed by atoms with Crippen molar-refractivity contribution in [1.29, 1.82) is 0 Å². The molecule has 2 unspecified atom stereocenters. The first kappa shape index (κ1) is 10.9. The lowest BCUT2D eigenvalue weighted by Gasteiger charge is -2.39. The molecule has 3 N–H and O–H groups in total. The zero-order valence-corrected chi connectivity index (χ0v) is 8.16. The van der Waals surface area contributed by atoms with Crippen LogP contribution in [0.15, 0.2) is 0 Å². The molecule has 0 radical (unpaired) electrons. The number of ether oxygens (including phenoxy) is 2. The van der Waals surface area contributed by atoms with E-state index in [1.54, 1.807) is 7.11 Å². The number of aliphatic hydroxyl groups excluding tert-OH is 1. The van der Waals surface area contributed by atoms with Crippen molar-refractivity contribution in [3.8, 4) is 0 Å². The molecule has 1 rings (SSSR count). The van der Waals surface area contributed by atoms with Gasteiger partial charge in [-0.25, -0.2) is 0 Å². The van der Waals surface area contributed by atoms with Crippen LogP contribution in [0.3, 0.4) is 0 Å². The number of aliphatic hydroxyl groups is 1. The van der Waals surface area contributed by atoms with E-state index in [-0.39, 0.29) is 5.41 Å². The predicted molar refractivity (Wildman–Crippen MR) is 49.4 cm³/mol. The summed E-state index contributed by atoms with van der Waals surface area (Å²) in [5.41, 5.74) is 5.39. The van der Waals surface area contributed by atoms with Crippen LogP contribution < -0.4 is 5.73 Å². The Bertz CT molecular complexity index is 146. The number of hydrogen-bond donors (Lipinski definition) is 2. The van der Waals surface area contributed by atoms with Crippen LogP contribution in [0.25, 0.3) is 0 Å². The zero-order valence-electron chi connectivity index (χ0n) is 8.16. The minimum absolute atomic E-state index is 0.283. The average Bonchev–Trinajstić information content (AvgIpc) is 2.19. The van der Waals surface area contributed by atoms with E-state index in [9.17, 15) is 5.11 Å². The first-order chi connectivity index (χ1) is 6.25. The molecule has 0 aromatic rings. The second-order valence-electron chi connectivity index (χ2n) is 3.69. The van der Waals surface area contributed by atoms with E-state index >= 15 is 0 Å². The summed E-state index contributed by atoms with van der Waals surface area (Å²) in [6.45, 7) is 2.12. The summed E-state index contributed by atoms with van der Waals surface area (Å²) in [6, 6.07) is 0. The summed E-state index contributed by atoms with van der Waals surface area (Å²) < 4.78 is 10.3. The molecule has 0 aromatic heterocycles. The highest BCUT2D eigenvalue weighted by Gasteiger charge is 2.38. The van der Waals surface area contributed by atoms with Crippen LogP contribution >= 0.6 is 0 Å². The SMILES string of the molecule is COCC(O)C1(CN)CCCOC1. The molecule has 0 aromatic carbocycles. The summed E-state index contributed by atoms with van der Waals surface area (Å²) in [5, 5.41) is 9.84. The van der Waals surface area contributed by atoms with Crippen molar-refractivity contribution in [2.45, 2.75) is 18.9 Å². The quantitative estimate of drug-likeness (QED) is 0.640. The molecule has 13 heavy (non-hydrogen) atoms. The Kier molecular flexibility index (Phi) is 4.12. The van der Waals surface area contributed by atoms with E-state index in [1.807, 2.05) is 0 Å². The fourth-order valence-electron chi connectivity index (χ4n) is 1.77.